The summed E-state index contributed by atoms with van der Waals surface area (Å²) in [4.78, 5) is 39.3. The summed E-state index contributed by atoms with van der Waals surface area (Å²) in [7, 11) is 1.58. The average molecular weight is 393 g/mol. The van der Waals surface area contributed by atoms with Gasteiger partial charge in [-0.3, -0.25) is 14.4 Å². The monoisotopic (exact) mass is 393 g/mol. The highest BCUT2D eigenvalue weighted by molar-refractivity contribution is 6.07. The van der Waals surface area contributed by atoms with E-state index in [0.29, 0.717) is 23.5 Å². The number of para-hydroxylation sites is 1. The van der Waals surface area contributed by atoms with Crippen LogP contribution < -0.4 is 20.3 Å². The molecule has 7 nitrogen and oxygen atoms in total. The van der Waals surface area contributed by atoms with E-state index in [-0.39, 0.29) is 30.2 Å². The van der Waals surface area contributed by atoms with Gasteiger partial charge in [0.1, 0.15) is 5.75 Å². The number of hydrogen-bond acceptors (Lipinski definition) is 4. The normalized spacial score (nSPS) is 18.4. The standard InChI is InChI=1S/C22H23N3O4/c1-29-17-10-8-16(9-11-17)25-13-14(12-20(25)26)21(27)24-19-5-3-2-4-18(19)22(28)23-15-6-7-15/h2-5,8-11,14-15H,6-7,12-13H2,1H3,(H,23,28)(H,24,27)/t14-/m1/s1. The molecule has 3 amide bonds. The highest BCUT2D eigenvalue weighted by Crippen LogP contribution is 2.28. The minimum absolute atomic E-state index is 0.102. The molecule has 1 saturated carbocycles. The molecule has 0 bridgehead atoms. The number of carbonyl (C=O) groups is 3. The number of nitrogens with zero attached hydrogens (tertiary/aromatic N) is 1. The van der Waals surface area contributed by atoms with Crippen molar-refractivity contribution in [2.75, 3.05) is 23.9 Å². The van der Waals surface area contributed by atoms with Gasteiger partial charge in [-0.1, -0.05) is 12.1 Å². The summed E-state index contributed by atoms with van der Waals surface area (Å²) in [6.45, 7) is 0.299. The lowest BCUT2D eigenvalue weighted by Gasteiger charge is -2.17. The minimum atomic E-state index is -0.482. The minimum Gasteiger partial charge on any atom is -0.497 e. The van der Waals surface area contributed by atoms with Gasteiger partial charge < -0.3 is 20.3 Å². The van der Waals surface area contributed by atoms with Crippen molar-refractivity contribution in [3.63, 3.8) is 0 Å². The van der Waals surface area contributed by atoms with Crippen LogP contribution in [0.1, 0.15) is 29.6 Å². The van der Waals surface area contributed by atoms with Crippen LogP contribution in [0.4, 0.5) is 11.4 Å². The van der Waals surface area contributed by atoms with Gasteiger partial charge in [0.05, 0.1) is 24.3 Å². The summed E-state index contributed by atoms with van der Waals surface area (Å²) in [6.07, 6.45) is 2.12. The third kappa shape index (κ3) is 4.23. The Balaban J connectivity index is 1.44. The Labute approximate surface area is 169 Å². The number of carbonyl (C=O) groups excluding carboxylic acids is 3. The van der Waals surface area contributed by atoms with Crippen LogP contribution in [-0.2, 0) is 9.59 Å². The molecule has 1 heterocycles. The van der Waals surface area contributed by atoms with Gasteiger partial charge in [-0.25, -0.2) is 0 Å². The van der Waals surface area contributed by atoms with Crippen molar-refractivity contribution in [2.45, 2.75) is 25.3 Å². The first-order valence-electron chi connectivity index (χ1n) is 9.70. The van der Waals surface area contributed by atoms with Gasteiger partial charge in [0.25, 0.3) is 5.91 Å². The van der Waals surface area contributed by atoms with Crippen molar-refractivity contribution in [3.05, 3.63) is 54.1 Å². The van der Waals surface area contributed by atoms with Gasteiger partial charge in [-0.2, -0.15) is 0 Å². The van der Waals surface area contributed by atoms with Crippen LogP contribution in [0.3, 0.4) is 0 Å². The maximum atomic E-state index is 12.8. The molecule has 29 heavy (non-hydrogen) atoms. The fourth-order valence-electron chi connectivity index (χ4n) is 3.41. The second-order valence-corrected chi connectivity index (χ2v) is 7.39. The molecule has 1 aliphatic carbocycles. The average Bonchev–Trinajstić information content (AvgIpc) is 3.46. The van der Waals surface area contributed by atoms with E-state index in [4.69, 9.17) is 4.74 Å². The van der Waals surface area contributed by atoms with E-state index >= 15 is 0 Å². The Morgan fingerprint density at radius 2 is 1.79 bits per heavy atom. The molecule has 2 aliphatic rings. The third-order valence-electron chi connectivity index (χ3n) is 5.22. The number of hydrogen-bond donors (Lipinski definition) is 2. The lowest BCUT2D eigenvalue weighted by atomic mass is 10.1. The van der Waals surface area contributed by atoms with E-state index in [2.05, 4.69) is 10.6 Å². The molecule has 1 aliphatic heterocycles. The Bertz CT molecular complexity index is 937. The molecule has 2 fully saturated rings. The highest BCUT2D eigenvalue weighted by atomic mass is 16.5. The zero-order valence-corrected chi connectivity index (χ0v) is 16.2. The zero-order chi connectivity index (χ0) is 20.4. The van der Waals surface area contributed by atoms with E-state index in [1.54, 1.807) is 60.5 Å². The van der Waals surface area contributed by atoms with Crippen LogP contribution in [0.15, 0.2) is 48.5 Å². The maximum absolute atomic E-state index is 12.8. The van der Waals surface area contributed by atoms with Crippen molar-refractivity contribution in [3.8, 4) is 5.75 Å². The lowest BCUT2D eigenvalue weighted by molar-refractivity contribution is -0.122. The molecule has 0 aromatic heterocycles. The van der Waals surface area contributed by atoms with Crippen LogP contribution >= 0.6 is 0 Å². The molecule has 1 atom stereocenters. The SMILES string of the molecule is COc1ccc(N2C[C@H](C(=O)Nc3ccccc3C(=O)NC3CC3)CC2=O)cc1. The van der Waals surface area contributed by atoms with Crippen molar-refractivity contribution < 1.29 is 19.1 Å². The molecular formula is C22H23N3O4. The van der Waals surface area contributed by atoms with E-state index < -0.39 is 5.92 Å². The second-order valence-electron chi connectivity index (χ2n) is 7.39. The molecule has 150 valence electrons. The van der Waals surface area contributed by atoms with E-state index in [1.807, 2.05) is 0 Å². The quantitative estimate of drug-likeness (QED) is 0.790. The fourth-order valence-corrected chi connectivity index (χ4v) is 3.41. The summed E-state index contributed by atoms with van der Waals surface area (Å²) < 4.78 is 5.14. The summed E-state index contributed by atoms with van der Waals surface area (Å²) in [6, 6.07) is 14.3. The lowest BCUT2D eigenvalue weighted by Crippen LogP contribution is -2.30. The van der Waals surface area contributed by atoms with Crippen LogP contribution in [0.5, 0.6) is 5.75 Å². The Morgan fingerprint density at radius 1 is 1.07 bits per heavy atom. The van der Waals surface area contributed by atoms with Crippen LogP contribution in [0, 0.1) is 5.92 Å². The first-order valence-corrected chi connectivity index (χ1v) is 9.70. The van der Waals surface area contributed by atoms with Crippen molar-refractivity contribution in [2.24, 2.45) is 5.92 Å². The Hall–Kier alpha value is -3.35. The largest absolute Gasteiger partial charge is 0.497 e. The molecule has 2 N–H and O–H groups in total. The van der Waals surface area contributed by atoms with Crippen LogP contribution in [0.2, 0.25) is 0 Å². The van der Waals surface area contributed by atoms with Gasteiger partial charge in [0, 0.05) is 24.7 Å². The molecule has 0 radical (unpaired) electrons. The smallest absolute Gasteiger partial charge is 0.253 e. The van der Waals surface area contributed by atoms with E-state index in [9.17, 15) is 14.4 Å². The molecule has 0 unspecified atom stereocenters. The molecule has 7 heteroatoms. The number of ether oxygens (including phenoxy) is 1. The van der Waals surface area contributed by atoms with Crippen LogP contribution in [-0.4, -0.2) is 37.4 Å². The second kappa shape index (κ2) is 7.95. The molecule has 2 aromatic carbocycles. The topological polar surface area (TPSA) is 87.7 Å². The molecule has 0 spiro atoms. The first-order chi connectivity index (χ1) is 14.0. The zero-order valence-electron chi connectivity index (χ0n) is 16.2. The van der Waals surface area contributed by atoms with Crippen molar-refractivity contribution in [1.82, 2.24) is 5.32 Å². The number of nitrogens with one attached hydrogen (secondary N) is 2. The van der Waals surface area contributed by atoms with E-state index in [1.165, 1.54) is 0 Å². The summed E-state index contributed by atoms with van der Waals surface area (Å²) in [5.41, 5.74) is 1.63. The van der Waals surface area contributed by atoms with E-state index in [0.717, 1.165) is 18.5 Å². The Morgan fingerprint density at radius 3 is 2.48 bits per heavy atom. The van der Waals surface area contributed by atoms with Gasteiger partial charge in [-0.15, -0.1) is 0 Å². The van der Waals surface area contributed by atoms with Gasteiger partial charge in [0.2, 0.25) is 11.8 Å². The molecule has 1 saturated heterocycles. The van der Waals surface area contributed by atoms with Crippen molar-refractivity contribution >= 4 is 29.1 Å². The highest BCUT2D eigenvalue weighted by Gasteiger charge is 2.35. The summed E-state index contributed by atoms with van der Waals surface area (Å²) in [5, 5.41) is 5.77. The number of rotatable bonds is 6. The summed E-state index contributed by atoms with van der Waals surface area (Å²) >= 11 is 0. The first kappa shape index (κ1) is 19.0. The van der Waals surface area contributed by atoms with Crippen molar-refractivity contribution in [1.29, 1.82) is 0 Å². The maximum Gasteiger partial charge on any atom is 0.253 e. The molecular weight excluding hydrogens is 370 g/mol. The molecule has 2 aromatic rings. The van der Waals surface area contributed by atoms with Gasteiger partial charge in [0.15, 0.2) is 0 Å². The number of benzene rings is 2. The van der Waals surface area contributed by atoms with Crippen LogP contribution in [0.25, 0.3) is 0 Å². The van der Waals surface area contributed by atoms with Gasteiger partial charge in [-0.05, 0) is 49.2 Å². The number of anilines is 2. The molecule has 4 rings (SSSR count). The summed E-state index contributed by atoms with van der Waals surface area (Å²) in [5.74, 6) is -0.332. The number of methoxy groups -OCH3 is 1. The fraction of sp³-hybridized carbons (Fsp3) is 0.318. The predicted octanol–water partition coefficient (Wildman–Crippen LogP) is 2.58. The predicted molar refractivity (Wildman–Crippen MR) is 109 cm³/mol. The van der Waals surface area contributed by atoms with Gasteiger partial charge >= 0.3 is 0 Å². The third-order valence-corrected chi connectivity index (χ3v) is 5.22. The Kier molecular flexibility index (Phi) is 5.20. The number of amides is 3.